The lowest BCUT2D eigenvalue weighted by Crippen LogP contribution is -1.95. The van der Waals surface area contributed by atoms with Gasteiger partial charge in [-0.25, -0.2) is 4.85 Å². The van der Waals surface area contributed by atoms with Gasteiger partial charge in [0.15, 0.2) is 16.9 Å². The van der Waals surface area contributed by atoms with Gasteiger partial charge in [-0.2, -0.15) is 5.26 Å². The molecule has 0 bridgehead atoms. The lowest BCUT2D eigenvalue weighted by Gasteiger charge is -2.11. The molecule has 0 fully saturated rings. The number of hydrogen-bond acceptors (Lipinski definition) is 3. The Bertz CT molecular complexity index is 5710. The predicted octanol–water partition coefficient (Wildman–Crippen LogP) is 21.0. The molecular formula is C74H43BrN6O2. The molecule has 0 unspecified atom stereocenters. The van der Waals surface area contributed by atoms with Gasteiger partial charge in [0.1, 0.15) is 11.2 Å². The van der Waals surface area contributed by atoms with Crippen molar-refractivity contribution in [3.8, 4) is 23.1 Å². The van der Waals surface area contributed by atoms with E-state index in [1.807, 2.05) is 42.5 Å². The molecule has 12 aromatic carbocycles. The summed E-state index contributed by atoms with van der Waals surface area (Å²) in [5.74, 6) is 0. The quantitative estimate of drug-likeness (QED) is 0.179. The van der Waals surface area contributed by atoms with Gasteiger partial charge in [0.05, 0.1) is 56.8 Å². The summed E-state index contributed by atoms with van der Waals surface area (Å²) in [6.45, 7) is 7.49. The molecule has 0 spiro atoms. The zero-order valence-electron chi connectivity index (χ0n) is 44.2. The van der Waals surface area contributed by atoms with E-state index in [-0.39, 0.29) is 0 Å². The van der Waals surface area contributed by atoms with E-state index < -0.39 is 0 Å². The first-order valence-corrected chi connectivity index (χ1v) is 28.2. The van der Waals surface area contributed by atoms with Gasteiger partial charge in [-0.3, -0.25) is 0 Å². The molecule has 6 heterocycles. The maximum Gasteiger partial charge on any atom is 0.187 e. The fourth-order valence-electron chi connectivity index (χ4n) is 12.8. The number of halogens is 1. The summed E-state index contributed by atoms with van der Waals surface area (Å²) >= 11 is 3.27. The second-order valence-corrected chi connectivity index (χ2v) is 21.6. The maximum absolute atomic E-state index is 8.36. The number of aromatic nitrogens is 4. The lowest BCUT2D eigenvalue weighted by atomic mass is 10.0. The fraction of sp³-hybridized carbons (Fsp3) is 0. The molecule has 0 aliphatic carbocycles. The Hall–Kier alpha value is -11.1. The number of nitrogens with one attached hydrogen (secondary N) is 1. The monoisotopic (exact) mass is 1130 g/mol. The first-order valence-electron chi connectivity index (χ1n) is 27.4. The first kappa shape index (κ1) is 47.9. The van der Waals surface area contributed by atoms with Crippen LogP contribution in [0, 0.1) is 17.9 Å². The summed E-state index contributed by atoms with van der Waals surface area (Å²) in [6, 6.07) is 89.4. The smallest absolute Gasteiger partial charge is 0.187 e. The van der Waals surface area contributed by atoms with E-state index >= 15 is 0 Å². The van der Waals surface area contributed by atoms with Crippen molar-refractivity contribution in [2.75, 3.05) is 0 Å². The van der Waals surface area contributed by atoms with Crippen molar-refractivity contribution >= 4 is 153 Å². The Labute approximate surface area is 482 Å². The molecular weight excluding hydrogens is 1080 g/mol. The number of para-hydroxylation sites is 8. The standard InChI is InChI=1S/C37H21N3O.C30H18N2O.C7H4BrN/c1-38-23-19-21-25(22-20-23)39-29-16-8-5-13-26(29)32-33-28-15-7-10-18-31(28)41-37(33)36-34(35(32)39)27-14-6-9-17-30(27)40(36)24-11-3-2-4-12-24;1-2-10-18(11-3-1)32-23-16-8-5-13-20(23)27-28-25(19-12-4-7-15-22(19)31-28)26-21-14-6-9-17-24(21)33-30(26)29(27)32;8-7-3-1-6(5-9)2-4-7/h2-22H;1-17,31H;1-4H. The van der Waals surface area contributed by atoms with Crippen molar-refractivity contribution in [3.05, 3.63) is 276 Å². The van der Waals surface area contributed by atoms with Crippen LogP contribution in [-0.2, 0) is 0 Å². The van der Waals surface area contributed by atoms with Crippen molar-refractivity contribution in [3.63, 3.8) is 0 Å². The summed E-state index contributed by atoms with van der Waals surface area (Å²) in [6.07, 6.45) is 0. The van der Waals surface area contributed by atoms with Crippen LogP contribution in [0.25, 0.3) is 153 Å². The average Bonchev–Trinajstić information content (AvgIpc) is 3.04. The molecule has 0 aliphatic heterocycles. The second kappa shape index (κ2) is 19.0. The molecule has 1 N–H and O–H groups in total. The highest BCUT2D eigenvalue weighted by Gasteiger charge is 2.29. The lowest BCUT2D eigenvalue weighted by molar-refractivity contribution is 0.671. The Balaban J connectivity index is 0.000000120. The van der Waals surface area contributed by atoms with Gasteiger partial charge in [-0.1, -0.05) is 174 Å². The highest BCUT2D eigenvalue weighted by molar-refractivity contribution is 9.10. The van der Waals surface area contributed by atoms with Crippen molar-refractivity contribution < 1.29 is 8.83 Å². The normalized spacial score (nSPS) is 11.7. The minimum Gasteiger partial charge on any atom is -0.454 e. The average molecular weight is 1130 g/mol. The highest BCUT2D eigenvalue weighted by atomic mass is 79.9. The number of nitrogens with zero attached hydrogens (tertiary/aromatic N) is 5. The molecule has 8 nitrogen and oxygen atoms in total. The van der Waals surface area contributed by atoms with Gasteiger partial charge >= 0.3 is 0 Å². The molecule has 6 aromatic heterocycles. The Kier molecular flexibility index (Phi) is 11.0. The molecule has 18 aromatic rings. The number of fused-ring (bicyclic) bond motifs is 24. The fourth-order valence-corrected chi connectivity index (χ4v) is 13.1. The van der Waals surface area contributed by atoms with E-state index in [1.54, 1.807) is 12.1 Å². The topological polar surface area (TPSA) is 85.0 Å². The number of hydrogen-bond donors (Lipinski definition) is 1. The van der Waals surface area contributed by atoms with E-state index in [9.17, 15) is 0 Å². The van der Waals surface area contributed by atoms with Crippen molar-refractivity contribution in [1.29, 1.82) is 5.26 Å². The van der Waals surface area contributed by atoms with Crippen LogP contribution in [0.5, 0.6) is 0 Å². The molecule has 0 atom stereocenters. The number of benzene rings is 12. The third-order valence-corrected chi connectivity index (χ3v) is 16.7. The maximum atomic E-state index is 8.36. The molecule has 18 rings (SSSR count). The number of H-pyrrole nitrogens is 1. The summed E-state index contributed by atoms with van der Waals surface area (Å²) in [4.78, 5) is 7.41. The van der Waals surface area contributed by atoms with Crippen LogP contribution in [0.1, 0.15) is 5.56 Å². The number of rotatable bonds is 3. The Morgan fingerprint density at radius 1 is 0.386 bits per heavy atom. The molecule has 0 saturated carbocycles. The summed E-state index contributed by atoms with van der Waals surface area (Å²) in [5.41, 5.74) is 17.2. The van der Waals surface area contributed by atoms with Crippen LogP contribution in [0.2, 0.25) is 0 Å². The number of furan rings is 2. The van der Waals surface area contributed by atoms with Crippen LogP contribution in [0.4, 0.5) is 5.69 Å². The van der Waals surface area contributed by atoms with Gasteiger partial charge < -0.3 is 27.5 Å². The summed E-state index contributed by atoms with van der Waals surface area (Å²) in [5, 5.41) is 22.4. The third kappa shape index (κ3) is 7.29. The first-order chi connectivity index (χ1) is 41.1. The van der Waals surface area contributed by atoms with Crippen LogP contribution >= 0.6 is 15.9 Å². The largest absolute Gasteiger partial charge is 0.454 e. The van der Waals surface area contributed by atoms with Crippen LogP contribution in [0.15, 0.2) is 268 Å². The van der Waals surface area contributed by atoms with Gasteiger partial charge in [0, 0.05) is 91.7 Å². The zero-order chi connectivity index (χ0) is 55.3. The van der Waals surface area contributed by atoms with E-state index in [4.69, 9.17) is 20.7 Å². The van der Waals surface area contributed by atoms with E-state index in [0.717, 1.165) is 104 Å². The number of nitriles is 1. The number of aromatic amines is 1. The molecule has 83 heavy (non-hydrogen) atoms. The van der Waals surface area contributed by atoms with E-state index in [0.29, 0.717) is 11.3 Å². The van der Waals surface area contributed by atoms with E-state index in [1.165, 1.54) is 48.6 Å². The SMILES string of the molecule is N#Cc1ccc(Br)cc1.[C-]#[N+]c1ccc(-n2c3ccccc3c3c4c5ccccc5oc4c4c(c5ccccc5n4-c4ccccc4)c32)cc1.c1ccc(-n2c3ccccc3c3c4[nH]c5ccccc5c4c4c5ccccc5oc4c32)cc1. The minimum atomic E-state index is 0.628. The van der Waals surface area contributed by atoms with Crippen LogP contribution in [-0.4, -0.2) is 18.7 Å². The Morgan fingerprint density at radius 2 is 0.807 bits per heavy atom. The zero-order valence-corrected chi connectivity index (χ0v) is 45.8. The van der Waals surface area contributed by atoms with Gasteiger partial charge in [-0.05, 0) is 97.1 Å². The molecule has 388 valence electrons. The minimum absolute atomic E-state index is 0.628. The predicted molar refractivity (Wildman–Crippen MR) is 345 cm³/mol. The van der Waals surface area contributed by atoms with Gasteiger partial charge in [-0.15, -0.1) is 0 Å². The summed E-state index contributed by atoms with van der Waals surface area (Å²) in [7, 11) is 0. The molecule has 0 saturated heterocycles. The highest BCUT2D eigenvalue weighted by Crippen LogP contribution is 2.51. The van der Waals surface area contributed by atoms with Crippen LogP contribution < -0.4 is 0 Å². The third-order valence-electron chi connectivity index (χ3n) is 16.2. The van der Waals surface area contributed by atoms with Crippen molar-refractivity contribution in [1.82, 2.24) is 18.7 Å². The van der Waals surface area contributed by atoms with Gasteiger partial charge in [0.25, 0.3) is 0 Å². The van der Waals surface area contributed by atoms with Crippen molar-refractivity contribution in [2.24, 2.45) is 0 Å². The second-order valence-electron chi connectivity index (χ2n) is 20.7. The molecule has 0 radical (unpaired) electrons. The van der Waals surface area contributed by atoms with E-state index in [2.05, 4.69) is 246 Å². The molecule has 0 aliphatic rings. The molecule has 0 amide bonds. The summed E-state index contributed by atoms with van der Waals surface area (Å²) < 4.78 is 21.5. The Morgan fingerprint density at radius 3 is 1.35 bits per heavy atom. The van der Waals surface area contributed by atoms with Gasteiger partial charge in [0.2, 0.25) is 0 Å². The van der Waals surface area contributed by atoms with Crippen molar-refractivity contribution in [2.45, 2.75) is 0 Å². The van der Waals surface area contributed by atoms with Crippen LogP contribution in [0.3, 0.4) is 0 Å². The molecule has 9 heteroatoms.